The highest BCUT2D eigenvalue weighted by Gasteiger charge is 2.28. The largest absolute Gasteiger partial charge is 0.352 e. The number of carbonyl (C=O) groups excluding carboxylic acids is 2. The molecule has 0 spiro atoms. The fraction of sp³-hybridized carbons (Fsp3) is 0.533. The summed E-state index contributed by atoms with van der Waals surface area (Å²) < 4.78 is 26.5. The van der Waals surface area contributed by atoms with Crippen LogP contribution < -0.4 is 9.62 Å². The number of hydrogen-bond acceptors (Lipinski definition) is 4. The number of carbonyl (C=O) groups is 2. The minimum absolute atomic E-state index is 0.133. The molecule has 1 aliphatic carbocycles. The van der Waals surface area contributed by atoms with Gasteiger partial charge in [0.25, 0.3) is 0 Å². The molecule has 7 nitrogen and oxygen atoms in total. The molecule has 2 aromatic rings. The lowest BCUT2D eigenvalue weighted by molar-refractivity contribution is -0.141. The van der Waals surface area contributed by atoms with Gasteiger partial charge in [0.15, 0.2) is 0 Å². The van der Waals surface area contributed by atoms with E-state index in [1.165, 1.54) is 17.0 Å². The predicted molar refractivity (Wildman–Crippen MR) is 154 cm³/mol. The zero-order chi connectivity index (χ0) is 27.9. The highest BCUT2D eigenvalue weighted by molar-refractivity contribution is 7.92. The molecule has 0 radical (unpaired) electrons. The van der Waals surface area contributed by atoms with Gasteiger partial charge in [-0.15, -0.1) is 0 Å². The fourth-order valence-corrected chi connectivity index (χ4v) is 5.96. The molecular formula is C30H43N3O4S. The van der Waals surface area contributed by atoms with Crippen LogP contribution in [0.4, 0.5) is 5.69 Å². The van der Waals surface area contributed by atoms with E-state index in [9.17, 15) is 18.0 Å². The first-order valence-electron chi connectivity index (χ1n) is 13.7. The van der Waals surface area contributed by atoms with E-state index in [2.05, 4.69) is 5.32 Å². The van der Waals surface area contributed by atoms with Crippen LogP contribution in [-0.2, 0) is 26.2 Å². The second kappa shape index (κ2) is 13.3. The summed E-state index contributed by atoms with van der Waals surface area (Å²) in [6.07, 6.45) is 7.06. The summed E-state index contributed by atoms with van der Waals surface area (Å²) in [5, 5.41) is 3.16. The number of benzene rings is 2. The van der Waals surface area contributed by atoms with E-state index >= 15 is 0 Å². The Morgan fingerprint density at radius 3 is 2.29 bits per heavy atom. The van der Waals surface area contributed by atoms with Gasteiger partial charge >= 0.3 is 0 Å². The Morgan fingerprint density at radius 2 is 1.66 bits per heavy atom. The average molecular weight is 542 g/mol. The van der Waals surface area contributed by atoms with Crippen LogP contribution in [0.25, 0.3) is 0 Å². The number of hydrogen-bond donors (Lipinski definition) is 1. The molecule has 1 atom stereocenters. The highest BCUT2D eigenvalue weighted by atomic mass is 32.2. The van der Waals surface area contributed by atoms with Crippen molar-refractivity contribution in [3.63, 3.8) is 0 Å². The number of nitrogens with one attached hydrogen (secondary N) is 1. The normalized spacial score (nSPS) is 15.1. The van der Waals surface area contributed by atoms with Crippen LogP contribution in [0.2, 0.25) is 0 Å². The van der Waals surface area contributed by atoms with Gasteiger partial charge < -0.3 is 10.2 Å². The predicted octanol–water partition coefficient (Wildman–Crippen LogP) is 5.02. The molecule has 0 saturated heterocycles. The Labute approximate surface area is 228 Å². The molecule has 208 valence electrons. The van der Waals surface area contributed by atoms with E-state index in [0.29, 0.717) is 18.7 Å². The Kier molecular flexibility index (Phi) is 10.4. The summed E-state index contributed by atoms with van der Waals surface area (Å²) in [6, 6.07) is 13.0. The molecule has 2 aromatic carbocycles. The molecule has 0 bridgehead atoms. The number of nitrogens with zero attached hydrogens (tertiary/aromatic N) is 2. The Bertz CT molecular complexity index is 1220. The summed E-state index contributed by atoms with van der Waals surface area (Å²) in [5.74, 6) is -0.292. The number of aryl methyl sites for hydroxylation is 3. The van der Waals surface area contributed by atoms with Gasteiger partial charge in [0.1, 0.15) is 6.04 Å². The molecule has 1 unspecified atom stereocenters. The van der Waals surface area contributed by atoms with E-state index in [1.807, 2.05) is 57.2 Å². The van der Waals surface area contributed by atoms with Crippen molar-refractivity contribution >= 4 is 27.5 Å². The van der Waals surface area contributed by atoms with Gasteiger partial charge in [-0.3, -0.25) is 13.9 Å². The molecule has 1 fully saturated rings. The maximum Gasteiger partial charge on any atom is 0.242 e. The van der Waals surface area contributed by atoms with Crippen LogP contribution in [-0.4, -0.2) is 50.0 Å². The van der Waals surface area contributed by atoms with E-state index in [1.54, 1.807) is 17.9 Å². The van der Waals surface area contributed by atoms with Gasteiger partial charge in [0, 0.05) is 25.6 Å². The Morgan fingerprint density at radius 1 is 0.974 bits per heavy atom. The summed E-state index contributed by atoms with van der Waals surface area (Å²) in [6.45, 7) is 8.24. The molecule has 1 aliphatic rings. The van der Waals surface area contributed by atoms with E-state index < -0.39 is 16.1 Å². The monoisotopic (exact) mass is 541 g/mol. The Balaban J connectivity index is 1.73. The molecule has 3 rings (SSSR count). The van der Waals surface area contributed by atoms with Crippen LogP contribution in [0, 0.1) is 20.8 Å². The topological polar surface area (TPSA) is 86.8 Å². The second-order valence-electron chi connectivity index (χ2n) is 10.7. The highest BCUT2D eigenvalue weighted by Crippen LogP contribution is 2.23. The van der Waals surface area contributed by atoms with Crippen molar-refractivity contribution in [3.05, 3.63) is 64.7 Å². The van der Waals surface area contributed by atoms with Gasteiger partial charge in [-0.05, 0) is 81.3 Å². The third-order valence-corrected chi connectivity index (χ3v) is 8.85. The van der Waals surface area contributed by atoms with Gasteiger partial charge in [-0.2, -0.15) is 0 Å². The SMILES string of the molecule is Cc1ccc(N(CCCC(=O)N(Cc2ccccc2C)C(C)C(=O)NC2CCCCC2)S(C)(=O)=O)cc1C. The standard InChI is InChI=1S/C30H43N3O4S/c1-22-17-18-28(20-24(22)3)33(38(5,36)37)19-11-16-29(34)32(21-26-13-10-9-12-23(26)2)25(4)30(35)31-27-14-7-6-8-15-27/h9-10,12-13,17-18,20,25,27H,6-8,11,14-16,19,21H2,1-5H3,(H,31,35). The van der Waals surface area contributed by atoms with Crippen molar-refractivity contribution in [2.75, 3.05) is 17.1 Å². The lowest BCUT2D eigenvalue weighted by Crippen LogP contribution is -2.50. The van der Waals surface area contributed by atoms with Crippen molar-refractivity contribution in [2.24, 2.45) is 0 Å². The van der Waals surface area contributed by atoms with Gasteiger partial charge in [-0.25, -0.2) is 8.42 Å². The quantitative estimate of drug-likeness (QED) is 0.433. The molecule has 38 heavy (non-hydrogen) atoms. The molecule has 0 aliphatic heterocycles. The molecule has 8 heteroatoms. The lowest BCUT2D eigenvalue weighted by Gasteiger charge is -2.32. The van der Waals surface area contributed by atoms with Crippen molar-refractivity contribution < 1.29 is 18.0 Å². The minimum atomic E-state index is -3.52. The number of amides is 2. The molecule has 1 saturated carbocycles. The maximum atomic E-state index is 13.5. The molecular weight excluding hydrogens is 498 g/mol. The number of anilines is 1. The van der Waals surface area contributed by atoms with Crippen LogP contribution >= 0.6 is 0 Å². The molecule has 2 amide bonds. The molecule has 1 N–H and O–H groups in total. The van der Waals surface area contributed by atoms with Gasteiger partial charge in [0.2, 0.25) is 21.8 Å². The summed E-state index contributed by atoms with van der Waals surface area (Å²) in [4.78, 5) is 28.4. The first-order chi connectivity index (χ1) is 18.0. The molecule has 0 heterocycles. The minimum Gasteiger partial charge on any atom is -0.352 e. The third-order valence-electron chi connectivity index (χ3n) is 7.65. The van der Waals surface area contributed by atoms with Crippen molar-refractivity contribution in [1.82, 2.24) is 10.2 Å². The van der Waals surface area contributed by atoms with E-state index in [-0.39, 0.29) is 30.8 Å². The first-order valence-corrected chi connectivity index (χ1v) is 15.5. The fourth-order valence-electron chi connectivity index (χ4n) is 5.01. The smallest absolute Gasteiger partial charge is 0.242 e. The van der Waals surface area contributed by atoms with Gasteiger partial charge in [-0.1, -0.05) is 49.6 Å². The first kappa shape index (κ1) is 29.7. The van der Waals surface area contributed by atoms with Crippen molar-refractivity contribution in [3.8, 4) is 0 Å². The third kappa shape index (κ3) is 8.06. The van der Waals surface area contributed by atoms with Crippen LogP contribution in [0.1, 0.15) is 74.1 Å². The Hall–Kier alpha value is -2.87. The maximum absolute atomic E-state index is 13.5. The lowest BCUT2D eigenvalue weighted by atomic mass is 9.95. The second-order valence-corrected chi connectivity index (χ2v) is 12.6. The number of rotatable bonds is 11. The zero-order valence-corrected chi connectivity index (χ0v) is 24.3. The summed E-state index contributed by atoms with van der Waals surface area (Å²) in [7, 11) is -3.52. The summed E-state index contributed by atoms with van der Waals surface area (Å²) >= 11 is 0. The van der Waals surface area contributed by atoms with Gasteiger partial charge in [0.05, 0.1) is 11.9 Å². The number of sulfonamides is 1. The summed E-state index contributed by atoms with van der Waals surface area (Å²) in [5.41, 5.74) is 4.74. The van der Waals surface area contributed by atoms with Crippen LogP contribution in [0.15, 0.2) is 42.5 Å². The van der Waals surface area contributed by atoms with Crippen LogP contribution in [0.3, 0.4) is 0 Å². The average Bonchev–Trinajstić information content (AvgIpc) is 2.87. The van der Waals surface area contributed by atoms with Crippen LogP contribution in [0.5, 0.6) is 0 Å². The van der Waals surface area contributed by atoms with E-state index in [4.69, 9.17) is 0 Å². The van der Waals surface area contributed by atoms with E-state index in [0.717, 1.165) is 47.9 Å². The van der Waals surface area contributed by atoms with Crippen molar-refractivity contribution in [1.29, 1.82) is 0 Å². The zero-order valence-electron chi connectivity index (χ0n) is 23.5. The molecule has 0 aromatic heterocycles. The van der Waals surface area contributed by atoms with Crippen molar-refractivity contribution in [2.45, 2.75) is 91.3 Å².